The van der Waals surface area contributed by atoms with Gasteiger partial charge in [-0.3, -0.25) is 4.79 Å². The van der Waals surface area contributed by atoms with Crippen LogP contribution in [0.4, 0.5) is 0 Å². The highest BCUT2D eigenvalue weighted by atomic mass is 35.5. The van der Waals surface area contributed by atoms with Crippen molar-refractivity contribution in [3.8, 4) is 0 Å². The van der Waals surface area contributed by atoms with Crippen molar-refractivity contribution in [3.05, 3.63) is 33.8 Å². The molecule has 2 aliphatic heterocycles. The van der Waals surface area contributed by atoms with Gasteiger partial charge >= 0.3 is 5.97 Å². The third-order valence-corrected chi connectivity index (χ3v) is 5.08. The molecular formula is C15H16Cl2O3. The zero-order valence-electron chi connectivity index (χ0n) is 11.1. The van der Waals surface area contributed by atoms with Gasteiger partial charge in [-0.1, -0.05) is 29.3 Å². The molecule has 2 bridgehead atoms. The van der Waals surface area contributed by atoms with Gasteiger partial charge in [-0.2, -0.15) is 0 Å². The minimum absolute atomic E-state index is 0.0411. The molecular weight excluding hydrogens is 299 g/mol. The van der Waals surface area contributed by atoms with Crippen molar-refractivity contribution in [3.63, 3.8) is 0 Å². The van der Waals surface area contributed by atoms with Crippen LogP contribution in [0.25, 0.3) is 0 Å². The summed E-state index contributed by atoms with van der Waals surface area (Å²) in [6.07, 6.45) is 2.95. The molecule has 0 aliphatic carbocycles. The summed E-state index contributed by atoms with van der Waals surface area (Å²) in [6, 6.07) is 5.58. The highest BCUT2D eigenvalue weighted by Gasteiger charge is 2.47. The summed E-state index contributed by atoms with van der Waals surface area (Å²) in [5.41, 5.74) is 1.04. The number of benzene rings is 1. The number of carbonyl (C=O) groups excluding carboxylic acids is 1. The fourth-order valence-electron chi connectivity index (χ4n) is 3.40. The summed E-state index contributed by atoms with van der Waals surface area (Å²) in [7, 11) is 1.43. The number of methoxy groups -OCH3 is 1. The molecule has 3 nitrogen and oxygen atoms in total. The van der Waals surface area contributed by atoms with Gasteiger partial charge in [-0.05, 0) is 37.0 Å². The van der Waals surface area contributed by atoms with Gasteiger partial charge in [0.05, 0.1) is 35.3 Å². The van der Waals surface area contributed by atoms with Crippen molar-refractivity contribution in [2.45, 2.75) is 37.4 Å². The van der Waals surface area contributed by atoms with Crippen molar-refractivity contribution >= 4 is 29.2 Å². The van der Waals surface area contributed by atoms with Crippen LogP contribution in [-0.4, -0.2) is 25.3 Å². The Balaban J connectivity index is 1.96. The molecule has 0 aromatic heterocycles. The second-order valence-electron chi connectivity index (χ2n) is 5.44. The van der Waals surface area contributed by atoms with E-state index in [-0.39, 0.29) is 30.0 Å². The SMILES string of the molecule is COC(=O)[C@@H]1[C@H]2CC[C@@H](C[C@H]1c1ccc(Cl)c(Cl)c1)O2. The molecule has 4 atom stereocenters. The number of fused-ring (bicyclic) bond motifs is 2. The summed E-state index contributed by atoms with van der Waals surface area (Å²) in [5.74, 6) is -0.370. The third kappa shape index (κ3) is 2.43. The molecule has 108 valence electrons. The smallest absolute Gasteiger partial charge is 0.311 e. The number of rotatable bonds is 2. The van der Waals surface area contributed by atoms with E-state index < -0.39 is 0 Å². The lowest BCUT2D eigenvalue weighted by atomic mass is 9.79. The van der Waals surface area contributed by atoms with E-state index in [4.69, 9.17) is 32.7 Å². The van der Waals surface area contributed by atoms with Crippen molar-refractivity contribution in [2.24, 2.45) is 5.92 Å². The van der Waals surface area contributed by atoms with E-state index in [1.165, 1.54) is 7.11 Å². The number of esters is 1. The van der Waals surface area contributed by atoms with E-state index in [1.54, 1.807) is 6.07 Å². The summed E-state index contributed by atoms with van der Waals surface area (Å²) in [4.78, 5) is 12.1. The van der Waals surface area contributed by atoms with Crippen molar-refractivity contribution < 1.29 is 14.3 Å². The Morgan fingerprint density at radius 3 is 2.80 bits per heavy atom. The molecule has 0 unspecified atom stereocenters. The third-order valence-electron chi connectivity index (χ3n) is 4.34. The lowest BCUT2D eigenvalue weighted by Crippen LogP contribution is -2.39. The first-order valence-corrected chi connectivity index (χ1v) is 7.54. The topological polar surface area (TPSA) is 35.5 Å². The van der Waals surface area contributed by atoms with Gasteiger partial charge in [0.15, 0.2) is 0 Å². The zero-order valence-corrected chi connectivity index (χ0v) is 12.7. The van der Waals surface area contributed by atoms with E-state index in [1.807, 2.05) is 12.1 Å². The van der Waals surface area contributed by atoms with E-state index in [0.717, 1.165) is 24.8 Å². The normalized spacial score (nSPS) is 32.1. The number of hydrogen-bond acceptors (Lipinski definition) is 3. The first-order chi connectivity index (χ1) is 9.60. The Labute approximate surface area is 128 Å². The molecule has 5 heteroatoms. The molecule has 2 aliphatic rings. The van der Waals surface area contributed by atoms with Crippen LogP contribution in [0.15, 0.2) is 18.2 Å². The molecule has 2 fully saturated rings. The summed E-state index contributed by atoms with van der Waals surface area (Å²) < 4.78 is 10.8. The molecule has 2 saturated heterocycles. The standard InChI is InChI=1S/C15H16Cl2O3/c1-19-15(18)14-10(7-9-3-5-13(14)20-9)8-2-4-11(16)12(17)6-8/h2,4,6,9-10,13-14H,3,5,7H2,1H3/t9-,10-,13+,14-/m0/s1. The fourth-order valence-corrected chi connectivity index (χ4v) is 3.71. The average Bonchev–Trinajstić information content (AvgIpc) is 2.82. The van der Waals surface area contributed by atoms with Crippen LogP contribution in [0, 0.1) is 5.92 Å². The second-order valence-corrected chi connectivity index (χ2v) is 6.25. The number of carbonyl (C=O) groups is 1. The van der Waals surface area contributed by atoms with E-state index in [2.05, 4.69) is 0 Å². The van der Waals surface area contributed by atoms with Gasteiger partial charge in [0.25, 0.3) is 0 Å². The van der Waals surface area contributed by atoms with Crippen molar-refractivity contribution in [1.29, 1.82) is 0 Å². The van der Waals surface area contributed by atoms with Crippen molar-refractivity contribution in [2.75, 3.05) is 7.11 Å². The van der Waals surface area contributed by atoms with Gasteiger partial charge < -0.3 is 9.47 Å². The largest absolute Gasteiger partial charge is 0.469 e. The summed E-state index contributed by atoms with van der Waals surface area (Å²) in [5, 5.41) is 1.05. The Morgan fingerprint density at radius 2 is 2.10 bits per heavy atom. The lowest BCUT2D eigenvalue weighted by molar-refractivity contribution is -0.156. The van der Waals surface area contributed by atoms with E-state index >= 15 is 0 Å². The first kappa shape index (κ1) is 14.2. The molecule has 1 aromatic rings. The van der Waals surface area contributed by atoms with Gasteiger partial charge in [-0.25, -0.2) is 0 Å². The molecule has 0 spiro atoms. The quantitative estimate of drug-likeness (QED) is 0.778. The maximum Gasteiger partial charge on any atom is 0.311 e. The Kier molecular flexibility index (Phi) is 3.93. The van der Waals surface area contributed by atoms with Crippen LogP contribution in [0.3, 0.4) is 0 Å². The average molecular weight is 315 g/mol. The molecule has 1 aromatic carbocycles. The van der Waals surface area contributed by atoms with Gasteiger partial charge in [0.1, 0.15) is 0 Å². The lowest BCUT2D eigenvalue weighted by Gasteiger charge is -2.35. The molecule has 0 N–H and O–H groups in total. The van der Waals surface area contributed by atoms with Crippen LogP contribution < -0.4 is 0 Å². The predicted molar refractivity (Wildman–Crippen MR) is 77.2 cm³/mol. The van der Waals surface area contributed by atoms with Crippen LogP contribution >= 0.6 is 23.2 Å². The number of ether oxygens (including phenoxy) is 2. The predicted octanol–water partition coefficient (Wildman–Crippen LogP) is 3.82. The zero-order chi connectivity index (χ0) is 14.3. The summed E-state index contributed by atoms with van der Waals surface area (Å²) in [6.45, 7) is 0. The van der Waals surface area contributed by atoms with Gasteiger partial charge in [0, 0.05) is 5.92 Å². The van der Waals surface area contributed by atoms with E-state index in [0.29, 0.717) is 10.0 Å². The monoisotopic (exact) mass is 314 g/mol. The summed E-state index contributed by atoms with van der Waals surface area (Å²) >= 11 is 12.1. The van der Waals surface area contributed by atoms with E-state index in [9.17, 15) is 4.79 Å². The van der Waals surface area contributed by atoms with Gasteiger partial charge in [0.2, 0.25) is 0 Å². The highest BCUT2D eigenvalue weighted by molar-refractivity contribution is 6.42. The van der Waals surface area contributed by atoms with Crippen molar-refractivity contribution in [1.82, 2.24) is 0 Å². The molecule has 20 heavy (non-hydrogen) atoms. The maximum absolute atomic E-state index is 12.1. The first-order valence-electron chi connectivity index (χ1n) is 6.78. The molecule has 2 heterocycles. The highest BCUT2D eigenvalue weighted by Crippen LogP contribution is 2.46. The molecule has 3 rings (SSSR count). The Bertz CT molecular complexity index is 532. The fraction of sp³-hybridized carbons (Fsp3) is 0.533. The Hall–Kier alpha value is -0.770. The van der Waals surface area contributed by atoms with Crippen LogP contribution in [0.1, 0.15) is 30.7 Å². The Morgan fingerprint density at radius 1 is 1.30 bits per heavy atom. The van der Waals surface area contributed by atoms with Crippen LogP contribution in [0.5, 0.6) is 0 Å². The molecule has 0 amide bonds. The number of hydrogen-bond donors (Lipinski definition) is 0. The second kappa shape index (κ2) is 5.55. The minimum Gasteiger partial charge on any atom is -0.469 e. The minimum atomic E-state index is -0.254. The van der Waals surface area contributed by atoms with Crippen LogP contribution in [0.2, 0.25) is 10.0 Å². The molecule has 0 radical (unpaired) electrons. The van der Waals surface area contributed by atoms with Gasteiger partial charge in [-0.15, -0.1) is 0 Å². The van der Waals surface area contributed by atoms with Crippen LogP contribution in [-0.2, 0) is 14.3 Å². The maximum atomic E-state index is 12.1. The number of halogens is 2. The molecule has 0 saturated carbocycles.